The Morgan fingerprint density at radius 3 is 2.67 bits per heavy atom. The van der Waals surface area contributed by atoms with Crippen molar-refractivity contribution in [1.29, 1.82) is 0 Å². The highest BCUT2D eigenvalue weighted by Crippen LogP contribution is 2.39. The molecule has 0 bridgehead atoms. The van der Waals surface area contributed by atoms with Gasteiger partial charge in [-0.2, -0.15) is 0 Å². The number of carbonyl (C=O) groups excluding carboxylic acids is 2. The van der Waals surface area contributed by atoms with E-state index in [0.29, 0.717) is 36.8 Å². The summed E-state index contributed by atoms with van der Waals surface area (Å²) in [6.07, 6.45) is 0.867. The Bertz CT molecular complexity index is 960. The molecular formula is C23H29N2O5+. The largest absolute Gasteiger partial charge is 0.503 e. The number of nitrogens with one attached hydrogen (secondary N) is 1. The van der Waals surface area contributed by atoms with Crippen LogP contribution in [0, 0.1) is 6.92 Å². The van der Waals surface area contributed by atoms with Crippen LogP contribution in [0.4, 0.5) is 0 Å². The highest BCUT2D eigenvalue weighted by Gasteiger charge is 2.44. The molecule has 30 heavy (non-hydrogen) atoms. The minimum absolute atomic E-state index is 0.0377. The molecule has 2 heterocycles. The predicted octanol–water partition coefficient (Wildman–Crippen LogP) is 2.10. The van der Waals surface area contributed by atoms with Gasteiger partial charge in [0.1, 0.15) is 11.5 Å². The summed E-state index contributed by atoms with van der Waals surface area (Å²) in [7, 11) is 3.97. The Morgan fingerprint density at radius 1 is 1.27 bits per heavy atom. The smallest absolute Gasteiger partial charge is 0.290 e. The van der Waals surface area contributed by atoms with E-state index in [-0.39, 0.29) is 11.3 Å². The average Bonchev–Trinajstić information content (AvgIpc) is 3.26. The van der Waals surface area contributed by atoms with Crippen LogP contribution in [0.2, 0.25) is 0 Å². The Labute approximate surface area is 176 Å². The molecule has 160 valence electrons. The standard InChI is InChI=1S/C23H28N2O5/c1-5-13-29-17-8-6-7-16(14-17)20-19(21(26)18-10-9-15(2)30-18)22(27)23(28)25(20)12-11-24(3)4/h6-10,14,20,27H,5,11-13H2,1-4H3/p+1/t20-/m1/s1. The number of benzene rings is 1. The van der Waals surface area contributed by atoms with Gasteiger partial charge in [0.15, 0.2) is 11.5 Å². The molecule has 0 aliphatic carbocycles. The number of amides is 1. The fourth-order valence-corrected chi connectivity index (χ4v) is 3.49. The summed E-state index contributed by atoms with van der Waals surface area (Å²) in [4.78, 5) is 28.8. The summed E-state index contributed by atoms with van der Waals surface area (Å²) in [6.45, 7) is 5.39. The number of furan rings is 1. The number of aryl methyl sites for hydroxylation is 1. The van der Waals surface area contributed by atoms with Gasteiger partial charge in [0.2, 0.25) is 5.78 Å². The molecule has 0 saturated heterocycles. The Morgan fingerprint density at radius 2 is 2.03 bits per heavy atom. The zero-order valence-electron chi connectivity index (χ0n) is 17.9. The quantitative estimate of drug-likeness (QED) is 0.615. The first-order valence-electron chi connectivity index (χ1n) is 10.2. The molecular weight excluding hydrogens is 384 g/mol. The number of carbonyl (C=O) groups is 2. The molecule has 2 aromatic rings. The maximum atomic E-state index is 13.2. The van der Waals surface area contributed by atoms with Crippen LogP contribution in [0.25, 0.3) is 0 Å². The van der Waals surface area contributed by atoms with E-state index < -0.39 is 23.5 Å². The van der Waals surface area contributed by atoms with E-state index in [1.165, 1.54) is 0 Å². The van der Waals surface area contributed by atoms with Crippen LogP contribution in [0.5, 0.6) is 5.75 Å². The van der Waals surface area contributed by atoms with Crippen molar-refractivity contribution < 1.29 is 28.7 Å². The normalized spacial score (nSPS) is 16.6. The number of quaternary nitrogens is 1. The zero-order valence-corrected chi connectivity index (χ0v) is 17.9. The molecule has 2 N–H and O–H groups in total. The maximum absolute atomic E-state index is 13.2. The van der Waals surface area contributed by atoms with Crippen molar-refractivity contribution in [3.05, 3.63) is 64.8 Å². The van der Waals surface area contributed by atoms with Crippen molar-refractivity contribution in [3.63, 3.8) is 0 Å². The van der Waals surface area contributed by atoms with Gasteiger partial charge in [-0.05, 0) is 43.2 Å². The molecule has 0 spiro atoms. The van der Waals surface area contributed by atoms with E-state index in [1.54, 1.807) is 24.0 Å². The van der Waals surface area contributed by atoms with Gasteiger partial charge in [-0.25, -0.2) is 0 Å². The lowest BCUT2D eigenvalue weighted by Gasteiger charge is -2.27. The Balaban J connectivity index is 2.04. The van der Waals surface area contributed by atoms with Gasteiger partial charge >= 0.3 is 0 Å². The zero-order chi connectivity index (χ0) is 21.8. The molecule has 7 heteroatoms. The van der Waals surface area contributed by atoms with Crippen LogP contribution >= 0.6 is 0 Å². The van der Waals surface area contributed by atoms with Crippen LogP contribution < -0.4 is 9.64 Å². The molecule has 7 nitrogen and oxygen atoms in total. The molecule has 0 saturated carbocycles. The van der Waals surface area contributed by atoms with Crippen molar-refractivity contribution in [2.24, 2.45) is 0 Å². The van der Waals surface area contributed by atoms with Crippen molar-refractivity contribution >= 4 is 11.7 Å². The second-order valence-electron chi connectivity index (χ2n) is 7.78. The van der Waals surface area contributed by atoms with Crippen molar-refractivity contribution in [1.82, 2.24) is 4.90 Å². The van der Waals surface area contributed by atoms with Crippen LogP contribution in [-0.4, -0.2) is 55.5 Å². The lowest BCUT2D eigenvalue weighted by Crippen LogP contribution is -3.06. The summed E-state index contributed by atoms with van der Waals surface area (Å²) in [5.74, 6) is -0.210. The third-order valence-corrected chi connectivity index (χ3v) is 5.01. The Hall–Kier alpha value is -3.06. The second-order valence-corrected chi connectivity index (χ2v) is 7.78. The number of ketones is 1. The van der Waals surface area contributed by atoms with Gasteiger partial charge in [-0.3, -0.25) is 9.59 Å². The van der Waals surface area contributed by atoms with Crippen molar-refractivity contribution in [2.45, 2.75) is 26.3 Å². The summed E-state index contributed by atoms with van der Waals surface area (Å²) in [6, 6.07) is 9.86. The molecule has 1 aromatic carbocycles. The minimum atomic E-state index is -0.708. The molecule has 1 atom stereocenters. The molecule has 0 fully saturated rings. The van der Waals surface area contributed by atoms with E-state index >= 15 is 0 Å². The highest BCUT2D eigenvalue weighted by atomic mass is 16.5. The summed E-state index contributed by atoms with van der Waals surface area (Å²) in [5.41, 5.74) is 0.747. The van der Waals surface area contributed by atoms with Gasteiger partial charge in [-0.1, -0.05) is 19.1 Å². The Kier molecular flexibility index (Phi) is 6.62. The predicted molar refractivity (Wildman–Crippen MR) is 112 cm³/mol. The number of Topliss-reactive ketones (excluding diaryl/α,β-unsaturated/α-hetero) is 1. The topological polar surface area (TPSA) is 84.4 Å². The number of hydrogen-bond acceptors (Lipinski definition) is 5. The maximum Gasteiger partial charge on any atom is 0.290 e. The fourth-order valence-electron chi connectivity index (χ4n) is 3.49. The molecule has 3 rings (SSSR count). The third kappa shape index (κ3) is 4.41. The van der Waals surface area contributed by atoms with Crippen LogP contribution in [0.1, 0.15) is 41.3 Å². The molecule has 1 aliphatic rings. The number of aliphatic hydroxyl groups excluding tert-OH is 1. The van der Waals surface area contributed by atoms with Gasteiger partial charge in [0.25, 0.3) is 5.91 Å². The van der Waals surface area contributed by atoms with Crippen molar-refractivity contribution in [2.75, 3.05) is 33.8 Å². The molecule has 1 amide bonds. The number of hydrogen-bond donors (Lipinski definition) is 2. The van der Waals surface area contributed by atoms with Crippen molar-refractivity contribution in [3.8, 4) is 5.75 Å². The van der Waals surface area contributed by atoms with Crippen LogP contribution in [0.15, 0.2) is 52.1 Å². The second kappa shape index (κ2) is 9.17. The van der Waals surface area contributed by atoms with E-state index in [1.807, 2.05) is 45.3 Å². The lowest BCUT2D eigenvalue weighted by molar-refractivity contribution is -0.857. The van der Waals surface area contributed by atoms with Gasteiger partial charge in [0, 0.05) is 0 Å². The van der Waals surface area contributed by atoms with E-state index in [4.69, 9.17) is 9.15 Å². The first kappa shape index (κ1) is 21.6. The first-order chi connectivity index (χ1) is 14.3. The minimum Gasteiger partial charge on any atom is -0.503 e. The molecule has 0 radical (unpaired) electrons. The number of aliphatic hydroxyl groups is 1. The monoisotopic (exact) mass is 413 g/mol. The number of nitrogens with zero attached hydrogens (tertiary/aromatic N) is 1. The van der Waals surface area contributed by atoms with Gasteiger partial charge in [0.05, 0.1) is 45.4 Å². The number of ether oxygens (including phenoxy) is 1. The van der Waals surface area contributed by atoms with Crippen LogP contribution in [-0.2, 0) is 4.79 Å². The molecule has 1 aliphatic heterocycles. The van der Waals surface area contributed by atoms with Gasteiger partial charge < -0.3 is 24.1 Å². The lowest BCUT2D eigenvalue weighted by atomic mass is 9.95. The van der Waals surface area contributed by atoms with Crippen LogP contribution in [0.3, 0.4) is 0 Å². The first-order valence-corrected chi connectivity index (χ1v) is 10.2. The number of rotatable bonds is 9. The number of likely N-dealkylation sites (N-methyl/N-ethyl adjacent to an activating group) is 1. The third-order valence-electron chi connectivity index (χ3n) is 5.01. The van der Waals surface area contributed by atoms with Gasteiger partial charge in [-0.15, -0.1) is 0 Å². The summed E-state index contributed by atoms with van der Waals surface area (Å²) < 4.78 is 11.2. The summed E-state index contributed by atoms with van der Waals surface area (Å²) >= 11 is 0. The molecule has 1 aromatic heterocycles. The highest BCUT2D eigenvalue weighted by molar-refractivity contribution is 6.15. The SMILES string of the molecule is CCCOc1cccc([C@@H]2C(C(=O)c3ccc(C)o3)=C(O)C(=O)N2CC[NH+](C)C)c1. The van der Waals surface area contributed by atoms with E-state index in [2.05, 4.69) is 0 Å². The molecule has 0 unspecified atom stereocenters. The summed E-state index contributed by atoms with van der Waals surface area (Å²) in [5, 5.41) is 10.7. The fraction of sp³-hybridized carbons (Fsp3) is 0.391. The average molecular weight is 413 g/mol. The van der Waals surface area contributed by atoms with E-state index in [9.17, 15) is 14.7 Å². The van der Waals surface area contributed by atoms with E-state index in [0.717, 1.165) is 11.3 Å².